The number of hydrogen-bond acceptors (Lipinski definition) is 10. The lowest BCUT2D eigenvalue weighted by Gasteiger charge is -2.40. The zero-order valence-corrected chi connectivity index (χ0v) is 54.1. The highest BCUT2D eigenvalue weighted by Gasteiger charge is 2.44. The van der Waals surface area contributed by atoms with Crippen molar-refractivity contribution in [2.45, 2.75) is 358 Å². The molecule has 0 radical (unpaired) electrons. The lowest BCUT2D eigenvalue weighted by Crippen LogP contribution is -2.60. The molecule has 7 atom stereocenters. The molecule has 11 nitrogen and oxygen atoms in total. The van der Waals surface area contributed by atoms with Gasteiger partial charge in [0.15, 0.2) is 6.29 Å². The topological polar surface area (TPSA) is 175 Å². The lowest BCUT2D eigenvalue weighted by molar-refractivity contribution is -0.302. The van der Waals surface area contributed by atoms with E-state index in [1.807, 2.05) is 19.1 Å². The van der Waals surface area contributed by atoms with Gasteiger partial charge in [0.05, 0.1) is 32.0 Å². The number of carbonyl (C=O) groups is 2. The van der Waals surface area contributed by atoms with E-state index in [1.54, 1.807) is 6.08 Å². The molecule has 1 amide bonds. The van der Waals surface area contributed by atoms with Gasteiger partial charge in [-0.25, -0.2) is 0 Å². The van der Waals surface area contributed by atoms with Gasteiger partial charge in [-0.15, -0.1) is 0 Å². The van der Waals surface area contributed by atoms with Crippen LogP contribution in [0.2, 0.25) is 0 Å². The van der Waals surface area contributed by atoms with Crippen molar-refractivity contribution in [2.75, 3.05) is 19.8 Å². The Labute approximate surface area is 515 Å². The number of allylic oxidation sites excluding steroid dienone is 11. The Kier molecular flexibility index (Phi) is 58.1. The monoisotopic (exact) mass is 1180 g/mol. The van der Waals surface area contributed by atoms with Crippen molar-refractivity contribution < 1.29 is 49.3 Å². The largest absolute Gasteiger partial charge is 0.466 e. The normalized spacial score (nSPS) is 18.5. The fourth-order valence-corrected chi connectivity index (χ4v) is 10.8. The van der Waals surface area contributed by atoms with Gasteiger partial charge in [0.1, 0.15) is 24.4 Å². The van der Waals surface area contributed by atoms with E-state index in [9.17, 15) is 35.1 Å². The Hall–Kier alpha value is -2.90. The molecular weight excluding hydrogens is 1050 g/mol. The Morgan fingerprint density at radius 2 is 0.857 bits per heavy atom. The van der Waals surface area contributed by atoms with Crippen LogP contribution in [0.1, 0.15) is 316 Å². The second kappa shape index (κ2) is 61.7. The average Bonchev–Trinajstić information content (AvgIpc) is 3.70. The number of aliphatic hydroxyl groups is 5. The van der Waals surface area contributed by atoms with E-state index in [0.29, 0.717) is 19.4 Å². The molecule has 1 fully saturated rings. The van der Waals surface area contributed by atoms with Crippen LogP contribution < -0.4 is 5.32 Å². The number of aliphatic hydroxyl groups excluding tert-OH is 5. The molecule has 1 rings (SSSR count). The standard InChI is InChI=1S/C73H131NO10/c1-3-5-7-9-11-13-14-15-34-38-41-45-49-53-57-61-69(78)82-62-58-54-50-46-42-39-36-33-31-29-27-25-23-21-19-17-16-18-20-22-24-26-28-30-32-35-37-40-44-48-52-56-60-68(77)74-65(66(76)59-55-51-47-43-12-10-8-6-4-2)64-83-73-72(81)71(80)70(79)67(63-75)84-73/h4,6,11-13,15,19,21,34,43,55,59,65-67,70-73,75-76,79-81H,3,5,7-10,14,16-18,20,22-33,35-42,44-54,56-58,60-64H2,1-2H3,(H,74,77)/b6-4+,13-11-,21-19-,34-15-,43-12+,59-55+. The van der Waals surface area contributed by atoms with E-state index in [-0.39, 0.29) is 18.5 Å². The summed E-state index contributed by atoms with van der Waals surface area (Å²) >= 11 is 0. The highest BCUT2D eigenvalue weighted by Crippen LogP contribution is 2.23. The Bertz CT molecular complexity index is 1630. The number of ether oxygens (including phenoxy) is 3. The van der Waals surface area contributed by atoms with Gasteiger partial charge in [-0.05, 0) is 110 Å². The van der Waals surface area contributed by atoms with E-state index >= 15 is 0 Å². The van der Waals surface area contributed by atoms with E-state index in [0.717, 1.165) is 70.6 Å². The first-order valence-corrected chi connectivity index (χ1v) is 35.2. The summed E-state index contributed by atoms with van der Waals surface area (Å²) in [5, 5.41) is 54.2. The number of rotatable bonds is 61. The number of nitrogens with one attached hydrogen (secondary N) is 1. The van der Waals surface area contributed by atoms with Gasteiger partial charge in [-0.1, -0.05) is 266 Å². The number of carbonyl (C=O) groups excluding carboxylic acids is 2. The molecule has 0 aromatic heterocycles. The highest BCUT2D eigenvalue weighted by atomic mass is 16.7. The first-order chi connectivity index (χ1) is 41.2. The van der Waals surface area contributed by atoms with Crippen LogP contribution in [0.3, 0.4) is 0 Å². The van der Waals surface area contributed by atoms with E-state index in [1.165, 1.54) is 218 Å². The molecule has 1 saturated heterocycles. The molecule has 0 bridgehead atoms. The van der Waals surface area contributed by atoms with Crippen molar-refractivity contribution in [1.82, 2.24) is 5.32 Å². The van der Waals surface area contributed by atoms with Crippen LogP contribution in [0.25, 0.3) is 0 Å². The van der Waals surface area contributed by atoms with Crippen LogP contribution in [0, 0.1) is 0 Å². The molecule has 84 heavy (non-hydrogen) atoms. The Morgan fingerprint density at radius 1 is 0.464 bits per heavy atom. The van der Waals surface area contributed by atoms with E-state index in [2.05, 4.69) is 66.9 Å². The molecule has 1 aliphatic heterocycles. The number of hydrogen-bond donors (Lipinski definition) is 6. The van der Waals surface area contributed by atoms with Crippen LogP contribution >= 0.6 is 0 Å². The second-order valence-electron chi connectivity index (χ2n) is 24.2. The quantitative estimate of drug-likeness (QED) is 0.0195. The van der Waals surface area contributed by atoms with Crippen molar-refractivity contribution >= 4 is 11.9 Å². The van der Waals surface area contributed by atoms with Gasteiger partial charge in [-0.3, -0.25) is 9.59 Å². The summed E-state index contributed by atoms with van der Waals surface area (Å²) in [6, 6.07) is -0.832. The van der Waals surface area contributed by atoms with Crippen LogP contribution in [0.15, 0.2) is 72.9 Å². The summed E-state index contributed by atoms with van der Waals surface area (Å²) in [6.07, 6.45) is 73.7. The molecule has 0 aromatic carbocycles. The van der Waals surface area contributed by atoms with Gasteiger partial charge in [0.2, 0.25) is 5.91 Å². The molecule has 6 N–H and O–H groups in total. The predicted octanol–water partition coefficient (Wildman–Crippen LogP) is 17.9. The Morgan fingerprint density at radius 3 is 1.32 bits per heavy atom. The average molecular weight is 1180 g/mol. The van der Waals surface area contributed by atoms with Crippen molar-refractivity contribution in [2.24, 2.45) is 0 Å². The number of amides is 1. The van der Waals surface area contributed by atoms with E-state index < -0.39 is 49.5 Å². The highest BCUT2D eigenvalue weighted by molar-refractivity contribution is 5.76. The first-order valence-electron chi connectivity index (χ1n) is 35.2. The molecule has 7 unspecified atom stereocenters. The third kappa shape index (κ3) is 50.1. The third-order valence-electron chi connectivity index (χ3n) is 16.3. The summed E-state index contributed by atoms with van der Waals surface area (Å²) in [5.74, 6) is -0.201. The van der Waals surface area contributed by atoms with Crippen molar-refractivity contribution in [1.29, 1.82) is 0 Å². The summed E-state index contributed by atoms with van der Waals surface area (Å²) in [5.41, 5.74) is 0. The first kappa shape index (κ1) is 79.1. The molecule has 1 heterocycles. The molecule has 488 valence electrons. The third-order valence-corrected chi connectivity index (χ3v) is 16.3. The van der Waals surface area contributed by atoms with Crippen LogP contribution in [0.5, 0.6) is 0 Å². The van der Waals surface area contributed by atoms with Crippen LogP contribution in [0.4, 0.5) is 0 Å². The molecule has 0 aliphatic carbocycles. The summed E-state index contributed by atoms with van der Waals surface area (Å²) in [6.45, 7) is 4.07. The SMILES string of the molecule is C/C=C/CC/C=C/CC/C=C/C(O)C(COC1OC(CO)C(O)C(O)C1O)NC(=O)CCCCCCCCCCCCCCCCCC/C=C\CCCCCCCCCCCCCCOC(=O)CCCCCCC/C=C\C/C=C\CCCCC. The van der Waals surface area contributed by atoms with Gasteiger partial charge in [-0.2, -0.15) is 0 Å². The van der Waals surface area contributed by atoms with Crippen molar-refractivity contribution in [3.05, 3.63) is 72.9 Å². The lowest BCUT2D eigenvalue weighted by atomic mass is 9.99. The van der Waals surface area contributed by atoms with Gasteiger partial charge < -0.3 is 45.1 Å². The van der Waals surface area contributed by atoms with Crippen LogP contribution in [-0.4, -0.2) is 100 Å². The van der Waals surface area contributed by atoms with Crippen LogP contribution in [-0.2, 0) is 23.8 Å². The fourth-order valence-electron chi connectivity index (χ4n) is 10.8. The smallest absolute Gasteiger partial charge is 0.305 e. The van der Waals surface area contributed by atoms with Gasteiger partial charge in [0.25, 0.3) is 0 Å². The van der Waals surface area contributed by atoms with Crippen molar-refractivity contribution in [3.8, 4) is 0 Å². The predicted molar refractivity (Wildman–Crippen MR) is 352 cm³/mol. The molecule has 0 aromatic rings. The Balaban J connectivity index is 1.91. The molecule has 1 aliphatic rings. The number of unbranched alkanes of at least 4 members (excludes halogenated alkanes) is 38. The maximum Gasteiger partial charge on any atom is 0.305 e. The zero-order valence-electron chi connectivity index (χ0n) is 54.1. The summed E-state index contributed by atoms with van der Waals surface area (Å²) in [4.78, 5) is 25.1. The van der Waals surface area contributed by atoms with E-state index in [4.69, 9.17) is 14.2 Å². The second-order valence-corrected chi connectivity index (χ2v) is 24.2. The number of esters is 1. The molecular formula is C73H131NO10. The summed E-state index contributed by atoms with van der Waals surface area (Å²) in [7, 11) is 0. The van der Waals surface area contributed by atoms with Gasteiger partial charge >= 0.3 is 5.97 Å². The van der Waals surface area contributed by atoms with Gasteiger partial charge in [0, 0.05) is 12.8 Å². The maximum absolute atomic E-state index is 13.0. The minimum atomic E-state index is -1.58. The molecule has 0 saturated carbocycles. The minimum Gasteiger partial charge on any atom is -0.466 e. The molecule has 11 heteroatoms. The maximum atomic E-state index is 13.0. The zero-order chi connectivity index (χ0) is 60.9. The van der Waals surface area contributed by atoms with Crippen molar-refractivity contribution in [3.63, 3.8) is 0 Å². The summed E-state index contributed by atoms with van der Waals surface area (Å²) < 4.78 is 16.7. The molecule has 0 spiro atoms. The minimum absolute atomic E-state index is 0.00438. The fraction of sp³-hybridized carbons (Fsp3) is 0.808.